The molecule has 0 aliphatic carbocycles. The molecule has 3 unspecified atom stereocenters. The third kappa shape index (κ3) is 66.2. The summed E-state index contributed by atoms with van der Waals surface area (Å²) in [7, 11) is 1.56. The molecular formula is C73H144N2O6P+. The lowest BCUT2D eigenvalue weighted by Gasteiger charge is -2.25. The Hall–Kier alpha value is -1.28. The number of amides is 1. The largest absolute Gasteiger partial charge is 0.472 e. The van der Waals surface area contributed by atoms with E-state index in [1.807, 2.05) is 27.2 Å². The molecule has 9 heteroatoms. The number of aliphatic hydroxyl groups is 1. The van der Waals surface area contributed by atoms with Crippen LogP contribution in [0.2, 0.25) is 0 Å². The molecule has 82 heavy (non-hydrogen) atoms. The molecule has 0 saturated heterocycles. The van der Waals surface area contributed by atoms with Gasteiger partial charge in [0.2, 0.25) is 5.91 Å². The maximum absolute atomic E-state index is 13.0. The third-order valence-corrected chi connectivity index (χ3v) is 17.8. The second kappa shape index (κ2) is 64.2. The Labute approximate surface area is 512 Å². The predicted molar refractivity (Wildman–Crippen MR) is 360 cm³/mol. The monoisotopic (exact) mass is 1180 g/mol. The number of allylic oxidation sites excluding steroid dienone is 5. The van der Waals surface area contributed by atoms with E-state index in [1.54, 1.807) is 6.08 Å². The van der Waals surface area contributed by atoms with Crippen molar-refractivity contribution in [2.24, 2.45) is 0 Å². The highest BCUT2D eigenvalue weighted by atomic mass is 31.2. The number of nitrogens with zero attached hydrogens (tertiary/aromatic N) is 1. The van der Waals surface area contributed by atoms with Gasteiger partial charge in [-0.2, -0.15) is 0 Å². The van der Waals surface area contributed by atoms with E-state index in [-0.39, 0.29) is 19.1 Å². The van der Waals surface area contributed by atoms with Crippen LogP contribution < -0.4 is 5.32 Å². The van der Waals surface area contributed by atoms with Crippen LogP contribution in [-0.4, -0.2) is 73.4 Å². The van der Waals surface area contributed by atoms with E-state index >= 15 is 0 Å². The first kappa shape index (κ1) is 80.7. The van der Waals surface area contributed by atoms with Crippen molar-refractivity contribution >= 4 is 13.7 Å². The van der Waals surface area contributed by atoms with E-state index in [4.69, 9.17) is 9.05 Å². The van der Waals surface area contributed by atoms with Crippen molar-refractivity contribution in [2.45, 2.75) is 386 Å². The summed E-state index contributed by atoms with van der Waals surface area (Å²) in [5.41, 5.74) is 0. The van der Waals surface area contributed by atoms with Crippen molar-refractivity contribution in [3.05, 3.63) is 36.5 Å². The molecule has 8 nitrogen and oxygen atoms in total. The fourth-order valence-electron chi connectivity index (χ4n) is 11.2. The molecular weight excluding hydrogens is 1030 g/mol. The van der Waals surface area contributed by atoms with E-state index < -0.39 is 20.0 Å². The van der Waals surface area contributed by atoms with Gasteiger partial charge in [0, 0.05) is 6.42 Å². The maximum Gasteiger partial charge on any atom is 0.472 e. The highest BCUT2D eigenvalue weighted by molar-refractivity contribution is 7.47. The molecule has 0 aromatic heterocycles. The van der Waals surface area contributed by atoms with E-state index in [1.165, 1.54) is 308 Å². The molecule has 0 radical (unpaired) electrons. The van der Waals surface area contributed by atoms with Crippen molar-refractivity contribution in [3.8, 4) is 0 Å². The summed E-state index contributed by atoms with van der Waals surface area (Å²) in [5, 5.41) is 14.0. The minimum absolute atomic E-state index is 0.0553. The normalized spacial score (nSPS) is 13.8. The molecule has 486 valence electrons. The zero-order valence-corrected chi connectivity index (χ0v) is 56.7. The number of rotatable bonds is 68. The molecule has 3 N–H and O–H groups in total. The van der Waals surface area contributed by atoms with E-state index in [9.17, 15) is 19.4 Å². The summed E-state index contributed by atoms with van der Waals surface area (Å²) in [4.78, 5) is 23.4. The van der Waals surface area contributed by atoms with Crippen molar-refractivity contribution in [1.29, 1.82) is 0 Å². The molecule has 0 aliphatic heterocycles. The van der Waals surface area contributed by atoms with Gasteiger partial charge in [-0.25, -0.2) is 4.57 Å². The quantitative estimate of drug-likeness (QED) is 0.0243. The van der Waals surface area contributed by atoms with Crippen LogP contribution in [0.4, 0.5) is 0 Å². The fraction of sp³-hybridized carbons (Fsp3) is 0.904. The Morgan fingerprint density at radius 1 is 0.402 bits per heavy atom. The number of likely N-dealkylation sites (N-methyl/N-ethyl adjacent to an activating group) is 1. The Morgan fingerprint density at radius 2 is 0.671 bits per heavy atom. The minimum Gasteiger partial charge on any atom is -0.387 e. The summed E-state index contributed by atoms with van der Waals surface area (Å²) in [6, 6.07) is -0.869. The van der Waals surface area contributed by atoms with Crippen LogP contribution in [0.1, 0.15) is 373 Å². The summed E-state index contributed by atoms with van der Waals surface area (Å²) in [5.74, 6) is -0.184. The van der Waals surface area contributed by atoms with Gasteiger partial charge >= 0.3 is 7.82 Å². The van der Waals surface area contributed by atoms with Gasteiger partial charge in [0.05, 0.1) is 39.9 Å². The van der Waals surface area contributed by atoms with Gasteiger partial charge in [-0.05, 0) is 44.9 Å². The smallest absolute Gasteiger partial charge is 0.387 e. The zero-order chi connectivity index (χ0) is 59.8. The Balaban J connectivity index is 3.90. The maximum atomic E-state index is 13.0. The number of phosphoric acid groups is 1. The lowest BCUT2D eigenvalue weighted by atomic mass is 10.0. The molecule has 3 atom stereocenters. The van der Waals surface area contributed by atoms with Gasteiger partial charge in [0.25, 0.3) is 0 Å². The van der Waals surface area contributed by atoms with E-state index in [2.05, 4.69) is 43.5 Å². The second-order valence-electron chi connectivity index (χ2n) is 26.3. The van der Waals surface area contributed by atoms with Crippen LogP contribution in [0.5, 0.6) is 0 Å². The van der Waals surface area contributed by atoms with Gasteiger partial charge < -0.3 is 19.8 Å². The van der Waals surface area contributed by atoms with Gasteiger partial charge in [-0.15, -0.1) is 0 Å². The molecule has 1 amide bonds. The topological polar surface area (TPSA) is 105 Å². The Morgan fingerprint density at radius 3 is 0.976 bits per heavy atom. The second-order valence-corrected chi connectivity index (χ2v) is 27.8. The standard InChI is InChI=1S/C73H143N2O6P/c1-6-8-10-12-14-16-18-20-22-24-26-27-28-29-30-31-32-33-34-35-36-37-38-39-40-41-42-43-44-45-46-47-49-51-53-55-57-59-61-63-65-67-73(77)74-71(70-81-82(78,79)80-69-68-75(3,4)5)72(76)66-64-62-60-58-56-54-52-50-48-25-23-21-19-17-15-13-11-9-7-2/h48,50,56,58,64,66,71-72,76H,6-47,49,51-55,57,59-63,65,67-70H2,1-5H3,(H-,74,77,78,79)/p+1/b50-48+,58-56+,66-64+. The number of hydrogen-bond acceptors (Lipinski definition) is 5. The van der Waals surface area contributed by atoms with Crippen molar-refractivity contribution < 1.29 is 32.9 Å². The average molecular weight is 1180 g/mol. The van der Waals surface area contributed by atoms with E-state index in [0.29, 0.717) is 17.4 Å². The van der Waals surface area contributed by atoms with Crippen LogP contribution in [0.25, 0.3) is 0 Å². The SMILES string of the molecule is CCCCCCCCCCC/C=C/CC/C=C/CC/C=C/C(O)C(COP(=O)(O)OCC[N+](C)(C)C)NC(=O)CCCCCCCCCCCCCCCCCCCCCCCCCCCCCCCCCCCCCCCCCCC. The van der Waals surface area contributed by atoms with Crippen LogP contribution in [0.3, 0.4) is 0 Å². The van der Waals surface area contributed by atoms with Gasteiger partial charge in [-0.3, -0.25) is 13.8 Å². The van der Waals surface area contributed by atoms with Gasteiger partial charge in [0.15, 0.2) is 0 Å². The number of nitrogens with one attached hydrogen (secondary N) is 1. The highest BCUT2D eigenvalue weighted by Crippen LogP contribution is 2.43. The van der Waals surface area contributed by atoms with Crippen LogP contribution >= 0.6 is 7.82 Å². The molecule has 0 aromatic rings. The van der Waals surface area contributed by atoms with Crippen molar-refractivity contribution in [1.82, 2.24) is 5.32 Å². The molecule has 0 rings (SSSR count). The number of aliphatic hydroxyl groups excluding tert-OH is 1. The highest BCUT2D eigenvalue weighted by Gasteiger charge is 2.28. The fourth-order valence-corrected chi connectivity index (χ4v) is 11.9. The first-order valence-electron chi connectivity index (χ1n) is 36.4. The number of unbranched alkanes of at least 4 members (excludes halogenated alkanes) is 51. The summed E-state index contributed by atoms with van der Waals surface area (Å²) < 4.78 is 23.8. The molecule has 0 bridgehead atoms. The van der Waals surface area contributed by atoms with Crippen LogP contribution in [0.15, 0.2) is 36.5 Å². The zero-order valence-electron chi connectivity index (χ0n) is 55.8. The summed E-state index contributed by atoms with van der Waals surface area (Å²) in [6.07, 6.45) is 86.2. The molecule has 0 spiro atoms. The lowest BCUT2D eigenvalue weighted by molar-refractivity contribution is -0.870. The number of carbonyl (C=O) groups is 1. The first-order valence-corrected chi connectivity index (χ1v) is 37.9. The average Bonchev–Trinajstić information content (AvgIpc) is 3.47. The molecule has 0 aliphatic rings. The number of phosphoric ester groups is 1. The van der Waals surface area contributed by atoms with Crippen LogP contribution in [-0.2, 0) is 18.4 Å². The molecule has 0 heterocycles. The van der Waals surface area contributed by atoms with Crippen molar-refractivity contribution in [3.63, 3.8) is 0 Å². The molecule has 0 saturated carbocycles. The lowest BCUT2D eigenvalue weighted by Crippen LogP contribution is -2.45. The van der Waals surface area contributed by atoms with Crippen molar-refractivity contribution in [2.75, 3.05) is 40.9 Å². The first-order chi connectivity index (χ1) is 40.0. The van der Waals surface area contributed by atoms with E-state index in [0.717, 1.165) is 44.9 Å². The van der Waals surface area contributed by atoms with Crippen LogP contribution in [0, 0.1) is 0 Å². The van der Waals surface area contributed by atoms with Gasteiger partial charge in [0.1, 0.15) is 13.2 Å². The number of carbonyl (C=O) groups excluding carboxylic acids is 1. The summed E-state index contributed by atoms with van der Waals surface area (Å²) >= 11 is 0. The molecule has 0 aromatic carbocycles. The number of hydrogen-bond donors (Lipinski definition) is 3. The Bertz CT molecular complexity index is 1430. The molecule has 0 fully saturated rings. The number of quaternary nitrogens is 1. The summed E-state index contributed by atoms with van der Waals surface area (Å²) in [6.45, 7) is 4.83. The minimum atomic E-state index is -4.36. The van der Waals surface area contributed by atoms with Gasteiger partial charge in [-0.1, -0.05) is 359 Å². The Kier molecular flexibility index (Phi) is 63.2. The predicted octanol–water partition coefficient (Wildman–Crippen LogP) is 23.2. The third-order valence-electron chi connectivity index (χ3n) is 16.8.